The van der Waals surface area contributed by atoms with Gasteiger partial charge >= 0.3 is 0 Å². The first-order valence-corrected chi connectivity index (χ1v) is 7.97. The van der Waals surface area contributed by atoms with Crippen LogP contribution in [0, 0.1) is 6.92 Å². The van der Waals surface area contributed by atoms with Gasteiger partial charge in [0.15, 0.2) is 0 Å². The largest absolute Gasteiger partial charge is 0.327 e. The van der Waals surface area contributed by atoms with E-state index in [0.29, 0.717) is 4.21 Å². The molecule has 1 rings (SSSR count). The van der Waals surface area contributed by atoms with Gasteiger partial charge in [-0.2, -0.15) is 0 Å². The second kappa shape index (κ2) is 5.59. The minimum atomic E-state index is -3.41. The highest BCUT2D eigenvalue weighted by atomic mass is 79.9. The first-order valence-electron chi connectivity index (χ1n) is 4.88. The van der Waals surface area contributed by atoms with E-state index in [1.54, 1.807) is 6.07 Å². The maximum Gasteiger partial charge on any atom is 0.250 e. The van der Waals surface area contributed by atoms with Crippen LogP contribution >= 0.6 is 27.3 Å². The van der Waals surface area contributed by atoms with Crippen molar-refractivity contribution in [1.29, 1.82) is 0 Å². The third kappa shape index (κ3) is 3.53. The lowest BCUT2D eigenvalue weighted by molar-refractivity contribution is 0.565. The van der Waals surface area contributed by atoms with Crippen LogP contribution in [0.5, 0.6) is 0 Å². The zero-order chi connectivity index (χ0) is 12.3. The smallest absolute Gasteiger partial charge is 0.250 e. The molecular weight excluding hydrogens is 312 g/mol. The third-order valence-electron chi connectivity index (χ3n) is 2.16. The number of nitrogens with two attached hydrogens (primary N) is 1. The van der Waals surface area contributed by atoms with Crippen molar-refractivity contribution in [3.05, 3.63) is 15.4 Å². The van der Waals surface area contributed by atoms with Gasteiger partial charge in [-0.15, -0.1) is 11.3 Å². The summed E-state index contributed by atoms with van der Waals surface area (Å²) in [5, 5.41) is 0. The molecule has 0 amide bonds. The van der Waals surface area contributed by atoms with E-state index in [1.807, 2.05) is 13.8 Å². The van der Waals surface area contributed by atoms with Gasteiger partial charge in [-0.1, -0.05) is 6.92 Å². The van der Waals surface area contributed by atoms with Gasteiger partial charge in [-0.3, -0.25) is 0 Å². The maximum atomic E-state index is 11.8. The standard InChI is InChI=1S/C9H15BrN2O2S2/c1-3-7(11)5-12-16(13,14)8-4-6(2)9(10)15-8/h4,7,12H,3,5,11H2,1-2H3. The van der Waals surface area contributed by atoms with Crippen molar-refractivity contribution in [2.45, 2.75) is 30.5 Å². The van der Waals surface area contributed by atoms with Crippen molar-refractivity contribution >= 4 is 37.3 Å². The monoisotopic (exact) mass is 326 g/mol. The van der Waals surface area contributed by atoms with E-state index < -0.39 is 10.0 Å². The van der Waals surface area contributed by atoms with Gasteiger partial charge in [0.25, 0.3) is 0 Å². The van der Waals surface area contributed by atoms with Gasteiger partial charge in [0.05, 0.1) is 3.79 Å². The SMILES string of the molecule is CCC(N)CNS(=O)(=O)c1cc(C)c(Br)s1. The average Bonchev–Trinajstić information content (AvgIpc) is 2.56. The number of hydrogen-bond donors (Lipinski definition) is 2. The van der Waals surface area contributed by atoms with E-state index in [2.05, 4.69) is 20.7 Å². The zero-order valence-electron chi connectivity index (χ0n) is 9.16. The topological polar surface area (TPSA) is 72.2 Å². The number of halogens is 1. The molecule has 0 fully saturated rings. The molecule has 0 radical (unpaired) electrons. The van der Waals surface area contributed by atoms with Crippen molar-refractivity contribution < 1.29 is 8.42 Å². The molecule has 1 heterocycles. The Morgan fingerprint density at radius 1 is 1.62 bits per heavy atom. The molecule has 0 aliphatic rings. The fraction of sp³-hybridized carbons (Fsp3) is 0.556. The molecule has 0 bridgehead atoms. The van der Waals surface area contributed by atoms with E-state index in [-0.39, 0.29) is 12.6 Å². The molecule has 0 aromatic carbocycles. The second-order valence-corrected chi connectivity index (χ2v) is 7.91. The molecule has 0 spiro atoms. The average molecular weight is 327 g/mol. The normalized spacial score (nSPS) is 14.0. The van der Waals surface area contributed by atoms with Crippen molar-refractivity contribution in [1.82, 2.24) is 4.72 Å². The van der Waals surface area contributed by atoms with E-state index in [0.717, 1.165) is 15.8 Å². The summed E-state index contributed by atoms with van der Waals surface area (Å²) in [4.78, 5) is 0. The van der Waals surface area contributed by atoms with Crippen LogP contribution in [-0.2, 0) is 10.0 Å². The van der Waals surface area contributed by atoms with Crippen molar-refractivity contribution in [2.24, 2.45) is 5.73 Å². The van der Waals surface area contributed by atoms with Crippen LogP contribution in [-0.4, -0.2) is 21.0 Å². The van der Waals surface area contributed by atoms with Crippen LogP contribution in [0.25, 0.3) is 0 Å². The molecule has 1 aromatic rings. The minimum absolute atomic E-state index is 0.140. The Kier molecular flexibility index (Phi) is 4.93. The summed E-state index contributed by atoms with van der Waals surface area (Å²) >= 11 is 4.51. The molecule has 16 heavy (non-hydrogen) atoms. The quantitative estimate of drug-likeness (QED) is 0.867. The molecule has 0 saturated heterocycles. The van der Waals surface area contributed by atoms with Crippen LogP contribution < -0.4 is 10.5 Å². The Balaban J connectivity index is 2.78. The number of nitrogens with one attached hydrogen (secondary N) is 1. The van der Waals surface area contributed by atoms with Crippen molar-refractivity contribution in [3.63, 3.8) is 0 Å². The van der Waals surface area contributed by atoms with Gasteiger partial charge < -0.3 is 5.73 Å². The van der Waals surface area contributed by atoms with Crippen molar-refractivity contribution in [2.75, 3.05) is 6.54 Å². The number of aryl methyl sites for hydroxylation is 1. The Bertz CT molecular complexity index is 437. The first kappa shape index (κ1) is 14.1. The third-order valence-corrected chi connectivity index (χ3v) is 6.19. The lowest BCUT2D eigenvalue weighted by atomic mass is 10.2. The number of rotatable bonds is 5. The molecular formula is C9H15BrN2O2S2. The van der Waals surface area contributed by atoms with Crippen LogP contribution in [0.3, 0.4) is 0 Å². The van der Waals surface area contributed by atoms with E-state index in [9.17, 15) is 8.42 Å². The molecule has 3 N–H and O–H groups in total. The number of sulfonamides is 1. The minimum Gasteiger partial charge on any atom is -0.327 e. The molecule has 0 saturated carbocycles. The second-order valence-electron chi connectivity index (χ2n) is 3.54. The van der Waals surface area contributed by atoms with Crippen LogP contribution in [0.2, 0.25) is 0 Å². The number of thiophene rings is 1. The van der Waals surface area contributed by atoms with Crippen molar-refractivity contribution in [3.8, 4) is 0 Å². The highest BCUT2D eigenvalue weighted by Crippen LogP contribution is 2.30. The summed E-state index contributed by atoms with van der Waals surface area (Å²) in [6.45, 7) is 4.05. The highest BCUT2D eigenvalue weighted by molar-refractivity contribution is 9.11. The molecule has 0 aliphatic carbocycles. The molecule has 0 aliphatic heterocycles. The van der Waals surface area contributed by atoms with E-state index in [1.165, 1.54) is 11.3 Å². The summed E-state index contributed by atoms with van der Waals surface area (Å²) in [7, 11) is -3.41. The Morgan fingerprint density at radius 2 is 2.25 bits per heavy atom. The van der Waals surface area contributed by atoms with Gasteiger partial charge in [0.1, 0.15) is 4.21 Å². The van der Waals surface area contributed by atoms with E-state index >= 15 is 0 Å². The zero-order valence-corrected chi connectivity index (χ0v) is 12.4. The van der Waals surface area contributed by atoms with E-state index in [4.69, 9.17) is 5.73 Å². The predicted molar refractivity (Wildman–Crippen MR) is 70.2 cm³/mol. The first-order chi connectivity index (χ1) is 7.36. The van der Waals surface area contributed by atoms with Gasteiger partial charge in [-0.05, 0) is 40.9 Å². The lowest BCUT2D eigenvalue weighted by Gasteiger charge is -2.09. The van der Waals surface area contributed by atoms with Crippen LogP contribution in [0.15, 0.2) is 14.1 Å². The lowest BCUT2D eigenvalue weighted by Crippen LogP contribution is -2.36. The highest BCUT2D eigenvalue weighted by Gasteiger charge is 2.18. The fourth-order valence-electron chi connectivity index (χ4n) is 0.996. The molecule has 4 nitrogen and oxygen atoms in total. The van der Waals surface area contributed by atoms with Crippen LogP contribution in [0.1, 0.15) is 18.9 Å². The Hall–Kier alpha value is 0.0500. The summed E-state index contributed by atoms with van der Waals surface area (Å²) in [5.74, 6) is 0. The molecule has 1 unspecified atom stereocenters. The number of hydrogen-bond acceptors (Lipinski definition) is 4. The Labute approximate surface area is 108 Å². The molecule has 1 aromatic heterocycles. The van der Waals surface area contributed by atoms with Crippen LogP contribution in [0.4, 0.5) is 0 Å². The molecule has 7 heteroatoms. The summed E-state index contributed by atoms with van der Waals surface area (Å²) in [5.41, 5.74) is 6.58. The summed E-state index contributed by atoms with van der Waals surface area (Å²) in [6, 6.07) is 1.51. The fourth-order valence-corrected chi connectivity index (χ4v) is 4.36. The summed E-state index contributed by atoms with van der Waals surface area (Å²) in [6.07, 6.45) is 0.746. The van der Waals surface area contributed by atoms with Gasteiger partial charge in [0, 0.05) is 12.6 Å². The maximum absolute atomic E-state index is 11.8. The Morgan fingerprint density at radius 3 is 2.69 bits per heavy atom. The predicted octanol–water partition coefficient (Wildman–Crippen LogP) is 1.83. The molecule has 92 valence electrons. The van der Waals surface area contributed by atoms with Gasteiger partial charge in [-0.25, -0.2) is 13.1 Å². The van der Waals surface area contributed by atoms with Gasteiger partial charge in [0.2, 0.25) is 10.0 Å². The molecule has 1 atom stereocenters. The summed E-state index contributed by atoms with van der Waals surface area (Å²) < 4.78 is 27.3.